The SMILES string of the molecule is CC[C](N)([Sn+3])OC. The van der Waals surface area contributed by atoms with Crippen LogP contribution in [-0.2, 0) is 4.74 Å². The van der Waals surface area contributed by atoms with E-state index in [-0.39, 0.29) is 3.74 Å². The molecule has 7 heavy (non-hydrogen) atoms. The van der Waals surface area contributed by atoms with Gasteiger partial charge in [0.2, 0.25) is 0 Å². The van der Waals surface area contributed by atoms with Crippen molar-refractivity contribution in [2.45, 2.75) is 17.1 Å². The fourth-order valence-corrected chi connectivity index (χ4v) is 0.144. The standard InChI is InChI=1S/C4H10NO.Sn/c1-3-4(5)6-2;/h3,5H2,1-2H3;/q;+3. The Morgan fingerprint density at radius 2 is 2.29 bits per heavy atom. The molecular weight excluding hydrogens is 197 g/mol. The van der Waals surface area contributed by atoms with Crippen molar-refractivity contribution in [3.8, 4) is 0 Å². The van der Waals surface area contributed by atoms with Crippen molar-refractivity contribution in [1.29, 1.82) is 0 Å². The van der Waals surface area contributed by atoms with E-state index in [1.807, 2.05) is 6.92 Å². The van der Waals surface area contributed by atoms with E-state index in [0.29, 0.717) is 0 Å². The van der Waals surface area contributed by atoms with E-state index >= 15 is 0 Å². The normalized spacial score (nSPS) is 19.0. The molecular formula is C4H10NOSn+3. The molecule has 38 valence electrons. The third kappa shape index (κ3) is 3.31. The summed E-state index contributed by atoms with van der Waals surface area (Å²) >= 11 is 1.24. The predicted molar refractivity (Wildman–Crippen MR) is 30.0 cm³/mol. The van der Waals surface area contributed by atoms with Gasteiger partial charge in [0.1, 0.15) is 0 Å². The van der Waals surface area contributed by atoms with Crippen LogP contribution in [0.1, 0.15) is 13.3 Å². The van der Waals surface area contributed by atoms with E-state index in [1.165, 1.54) is 22.5 Å². The second-order valence-corrected chi connectivity index (χ2v) is 3.86. The molecule has 0 aliphatic heterocycles. The third-order valence-corrected chi connectivity index (χ3v) is 2.48. The van der Waals surface area contributed by atoms with Gasteiger partial charge in [-0.2, -0.15) is 0 Å². The third-order valence-electron chi connectivity index (χ3n) is 0.889. The average Bonchev–Trinajstić information content (AvgIpc) is 1.68. The zero-order valence-electron chi connectivity index (χ0n) is 4.69. The number of hydrogen-bond acceptors (Lipinski definition) is 2. The maximum absolute atomic E-state index is 5.53. The zero-order chi connectivity index (χ0) is 5.91. The Kier molecular flexibility index (Phi) is 3.19. The topological polar surface area (TPSA) is 35.2 Å². The first-order chi connectivity index (χ1) is 3.12. The molecule has 0 heterocycles. The van der Waals surface area contributed by atoms with Crippen molar-refractivity contribution in [3.63, 3.8) is 0 Å². The number of nitrogens with two attached hydrogens (primary N) is 1. The second kappa shape index (κ2) is 2.89. The summed E-state index contributed by atoms with van der Waals surface area (Å²) in [5, 5.41) is 0. The summed E-state index contributed by atoms with van der Waals surface area (Å²) in [7, 11) is 1.64. The van der Waals surface area contributed by atoms with E-state index in [1.54, 1.807) is 7.11 Å². The molecule has 0 aromatic rings. The van der Waals surface area contributed by atoms with Gasteiger partial charge in [0.25, 0.3) is 0 Å². The molecule has 0 aliphatic rings. The quantitative estimate of drug-likeness (QED) is 0.503. The number of methoxy groups -OCH3 is 1. The van der Waals surface area contributed by atoms with Crippen LogP contribution < -0.4 is 5.73 Å². The molecule has 0 fully saturated rings. The summed E-state index contributed by atoms with van der Waals surface area (Å²) in [5.41, 5.74) is 5.53. The van der Waals surface area contributed by atoms with Crippen LogP contribution in [0.15, 0.2) is 0 Å². The Bertz CT molecular complexity index is 49.7. The van der Waals surface area contributed by atoms with Crippen LogP contribution in [0.3, 0.4) is 0 Å². The molecule has 0 saturated heterocycles. The zero-order valence-corrected chi connectivity index (χ0v) is 7.55. The van der Waals surface area contributed by atoms with Crippen LogP contribution in [0.5, 0.6) is 0 Å². The number of ether oxygens (including phenoxy) is 1. The van der Waals surface area contributed by atoms with Crippen LogP contribution in [0.2, 0.25) is 0 Å². The van der Waals surface area contributed by atoms with E-state index in [4.69, 9.17) is 10.5 Å². The average molecular weight is 207 g/mol. The van der Waals surface area contributed by atoms with Gasteiger partial charge in [-0.3, -0.25) is 0 Å². The van der Waals surface area contributed by atoms with Gasteiger partial charge in [-0.25, -0.2) is 0 Å². The summed E-state index contributed by atoms with van der Waals surface area (Å²) < 4.78 is 4.58. The molecule has 0 radical (unpaired) electrons. The summed E-state index contributed by atoms with van der Waals surface area (Å²) in [5.74, 6) is 0. The molecule has 0 aromatic carbocycles. The molecule has 0 aliphatic carbocycles. The van der Waals surface area contributed by atoms with Crippen molar-refractivity contribution < 1.29 is 4.74 Å². The van der Waals surface area contributed by atoms with Gasteiger partial charge < -0.3 is 0 Å². The molecule has 3 heteroatoms. The van der Waals surface area contributed by atoms with Gasteiger partial charge in [0, 0.05) is 0 Å². The monoisotopic (exact) mass is 208 g/mol. The van der Waals surface area contributed by atoms with E-state index in [2.05, 4.69) is 0 Å². The van der Waals surface area contributed by atoms with Gasteiger partial charge in [-0.1, -0.05) is 0 Å². The van der Waals surface area contributed by atoms with Crippen molar-refractivity contribution in [1.82, 2.24) is 0 Å². The van der Waals surface area contributed by atoms with Crippen molar-refractivity contribution in [3.05, 3.63) is 0 Å². The van der Waals surface area contributed by atoms with Crippen molar-refractivity contribution in [2.75, 3.05) is 7.11 Å². The van der Waals surface area contributed by atoms with Crippen LogP contribution in [0.25, 0.3) is 0 Å². The molecule has 0 bridgehead atoms. The Morgan fingerprint density at radius 3 is 2.29 bits per heavy atom. The van der Waals surface area contributed by atoms with Gasteiger partial charge in [0.05, 0.1) is 0 Å². The van der Waals surface area contributed by atoms with Gasteiger partial charge in [-0.15, -0.1) is 0 Å². The predicted octanol–water partition coefficient (Wildman–Crippen LogP) is -0.176. The van der Waals surface area contributed by atoms with Crippen LogP contribution in [0, 0.1) is 0 Å². The van der Waals surface area contributed by atoms with Crippen LogP contribution >= 0.6 is 0 Å². The van der Waals surface area contributed by atoms with Gasteiger partial charge in [-0.05, 0) is 0 Å². The summed E-state index contributed by atoms with van der Waals surface area (Å²) in [6.07, 6.45) is 0.891. The Morgan fingerprint density at radius 1 is 1.86 bits per heavy atom. The van der Waals surface area contributed by atoms with Crippen LogP contribution in [0.4, 0.5) is 0 Å². The fraction of sp³-hybridized carbons (Fsp3) is 1.00. The molecule has 0 spiro atoms. The first-order valence-corrected chi connectivity index (χ1v) is 3.64. The second-order valence-electron chi connectivity index (χ2n) is 1.45. The molecule has 2 nitrogen and oxygen atoms in total. The van der Waals surface area contributed by atoms with Crippen molar-refractivity contribution >= 4 is 22.5 Å². The minimum atomic E-state index is -0.327. The van der Waals surface area contributed by atoms with E-state index in [0.717, 1.165) is 6.42 Å². The van der Waals surface area contributed by atoms with Gasteiger partial charge >= 0.3 is 57.2 Å². The molecule has 0 saturated carbocycles. The molecule has 0 aromatic heterocycles. The van der Waals surface area contributed by atoms with E-state index < -0.39 is 0 Å². The Balaban J connectivity index is 3.36. The van der Waals surface area contributed by atoms with Crippen molar-refractivity contribution in [2.24, 2.45) is 5.73 Å². The number of hydrogen-bond donors (Lipinski definition) is 1. The molecule has 1 atom stereocenters. The summed E-state index contributed by atoms with van der Waals surface area (Å²) in [4.78, 5) is 0. The Labute approximate surface area is 57.5 Å². The molecule has 1 unspecified atom stereocenters. The molecule has 0 amide bonds. The molecule has 2 N–H and O–H groups in total. The Hall–Kier alpha value is 0.719. The summed E-state index contributed by atoms with van der Waals surface area (Å²) in [6, 6.07) is 0. The fourth-order valence-electron chi connectivity index (χ4n) is 0.144. The summed E-state index contributed by atoms with van der Waals surface area (Å²) in [6.45, 7) is 2.01. The number of rotatable bonds is 2. The van der Waals surface area contributed by atoms with Gasteiger partial charge in [0.15, 0.2) is 0 Å². The maximum atomic E-state index is 5.53. The van der Waals surface area contributed by atoms with E-state index in [9.17, 15) is 0 Å². The first-order valence-electron chi connectivity index (χ1n) is 2.21. The van der Waals surface area contributed by atoms with Crippen LogP contribution in [-0.4, -0.2) is 33.4 Å². The molecule has 0 rings (SSSR count). The minimum absolute atomic E-state index is 0.327. The first kappa shape index (κ1) is 7.72.